The third-order valence-corrected chi connectivity index (χ3v) is 6.41. The Labute approximate surface area is 221 Å². The zero-order valence-electron chi connectivity index (χ0n) is 20.1. The molecule has 0 aromatic heterocycles. The van der Waals surface area contributed by atoms with Gasteiger partial charge in [0.25, 0.3) is 22.5 Å². The van der Waals surface area contributed by atoms with Gasteiger partial charge in [0.1, 0.15) is 6.61 Å². The molecule has 0 spiro atoms. The maximum absolute atomic E-state index is 12.9. The Hall–Kier alpha value is -4.71. The summed E-state index contributed by atoms with van der Waals surface area (Å²) in [6.07, 6.45) is 1.56. The number of carbonyl (C=O) groups is 2. The number of benzene rings is 3. The summed E-state index contributed by atoms with van der Waals surface area (Å²) >= 11 is 0.794. The van der Waals surface area contributed by atoms with Crippen LogP contribution in [0.4, 0.5) is 16.2 Å². The number of nitro benzene ring substituents is 2. The van der Waals surface area contributed by atoms with Gasteiger partial charge in [0.2, 0.25) is 0 Å². The summed E-state index contributed by atoms with van der Waals surface area (Å²) in [4.78, 5) is 47.8. The Kier molecular flexibility index (Phi) is 8.02. The molecule has 0 unspecified atom stereocenters. The highest BCUT2D eigenvalue weighted by atomic mass is 32.2. The third-order valence-electron chi connectivity index (χ3n) is 5.50. The number of rotatable bonds is 10. The van der Waals surface area contributed by atoms with Crippen molar-refractivity contribution in [3.05, 3.63) is 109 Å². The van der Waals surface area contributed by atoms with Gasteiger partial charge >= 0.3 is 0 Å². The number of hydrogen-bond donors (Lipinski definition) is 0. The number of non-ortho nitro benzene ring substituents is 1. The highest BCUT2D eigenvalue weighted by molar-refractivity contribution is 8.18. The number of thioether (sulfide) groups is 1. The normalized spacial score (nSPS) is 14.1. The van der Waals surface area contributed by atoms with E-state index in [9.17, 15) is 29.8 Å². The van der Waals surface area contributed by atoms with Gasteiger partial charge in [-0.3, -0.25) is 34.7 Å². The highest BCUT2D eigenvalue weighted by Crippen LogP contribution is 2.36. The number of nitro groups is 2. The molecule has 194 valence electrons. The Balaban J connectivity index is 1.50. The van der Waals surface area contributed by atoms with E-state index in [0.717, 1.165) is 16.7 Å². The average Bonchev–Trinajstić information content (AvgIpc) is 3.16. The second kappa shape index (κ2) is 11.6. The van der Waals surface area contributed by atoms with Crippen molar-refractivity contribution in [3.63, 3.8) is 0 Å². The van der Waals surface area contributed by atoms with Crippen molar-refractivity contribution in [2.45, 2.75) is 20.1 Å². The molecule has 3 aromatic carbocycles. The predicted molar refractivity (Wildman–Crippen MR) is 140 cm³/mol. The zero-order valence-corrected chi connectivity index (χ0v) is 20.9. The molecule has 0 saturated carbocycles. The molecule has 1 aliphatic heterocycles. The molecule has 0 bridgehead atoms. The monoisotopic (exact) mass is 535 g/mol. The van der Waals surface area contributed by atoms with Crippen LogP contribution in [0.2, 0.25) is 0 Å². The molecule has 0 N–H and O–H groups in total. The van der Waals surface area contributed by atoms with Crippen LogP contribution >= 0.6 is 11.8 Å². The maximum Gasteiger partial charge on any atom is 0.293 e. The molecule has 1 aliphatic rings. The molecule has 0 aliphatic carbocycles. The van der Waals surface area contributed by atoms with Gasteiger partial charge in [-0.25, -0.2) is 0 Å². The number of para-hydroxylation sites is 1. The van der Waals surface area contributed by atoms with E-state index in [1.165, 1.54) is 30.3 Å². The van der Waals surface area contributed by atoms with Crippen molar-refractivity contribution >= 4 is 40.4 Å². The summed E-state index contributed by atoms with van der Waals surface area (Å²) in [6.45, 7) is 2.07. The summed E-state index contributed by atoms with van der Waals surface area (Å²) in [5.41, 5.74) is 1.45. The highest BCUT2D eigenvalue weighted by Gasteiger charge is 2.35. The number of amides is 2. The molecular weight excluding hydrogens is 514 g/mol. The third kappa shape index (κ3) is 5.98. The molecule has 11 nitrogen and oxygen atoms in total. The van der Waals surface area contributed by atoms with Gasteiger partial charge in [-0.15, -0.1) is 0 Å². The first-order valence-electron chi connectivity index (χ1n) is 11.4. The molecule has 4 rings (SSSR count). The first kappa shape index (κ1) is 26.4. The fraction of sp³-hybridized carbons (Fsp3) is 0.154. The van der Waals surface area contributed by atoms with Crippen molar-refractivity contribution in [2.75, 3.05) is 6.61 Å². The number of ether oxygens (including phenoxy) is 2. The van der Waals surface area contributed by atoms with Crippen LogP contribution < -0.4 is 9.47 Å². The van der Waals surface area contributed by atoms with E-state index < -0.39 is 21.0 Å². The quantitative estimate of drug-likeness (QED) is 0.181. The fourth-order valence-corrected chi connectivity index (χ4v) is 4.50. The molecule has 1 saturated heterocycles. The van der Waals surface area contributed by atoms with E-state index in [4.69, 9.17) is 9.47 Å². The van der Waals surface area contributed by atoms with Crippen LogP contribution in [0.15, 0.2) is 71.6 Å². The molecule has 1 heterocycles. The van der Waals surface area contributed by atoms with Crippen LogP contribution in [0.5, 0.6) is 11.5 Å². The molecule has 1 fully saturated rings. The van der Waals surface area contributed by atoms with Crippen LogP contribution in [0.3, 0.4) is 0 Å². The van der Waals surface area contributed by atoms with Crippen LogP contribution in [-0.2, 0) is 17.9 Å². The van der Waals surface area contributed by atoms with Gasteiger partial charge in [-0.05, 0) is 54.1 Å². The number of carbonyl (C=O) groups excluding carboxylic acids is 2. The fourth-order valence-electron chi connectivity index (χ4n) is 3.66. The molecule has 0 atom stereocenters. The molecule has 0 radical (unpaired) electrons. The summed E-state index contributed by atoms with van der Waals surface area (Å²) in [6, 6.07) is 16.9. The van der Waals surface area contributed by atoms with Crippen molar-refractivity contribution in [1.29, 1.82) is 0 Å². The van der Waals surface area contributed by atoms with E-state index in [1.54, 1.807) is 49.4 Å². The summed E-state index contributed by atoms with van der Waals surface area (Å²) in [5.74, 6) is 0.270. The number of nitrogens with zero attached hydrogens (tertiary/aromatic N) is 3. The first-order chi connectivity index (χ1) is 18.3. The Morgan fingerprint density at radius 3 is 2.34 bits per heavy atom. The van der Waals surface area contributed by atoms with Crippen molar-refractivity contribution in [3.8, 4) is 11.5 Å². The lowest BCUT2D eigenvalue weighted by Crippen LogP contribution is -2.27. The van der Waals surface area contributed by atoms with Crippen molar-refractivity contribution in [2.24, 2.45) is 0 Å². The van der Waals surface area contributed by atoms with E-state index in [2.05, 4.69) is 0 Å². The van der Waals surface area contributed by atoms with Crippen molar-refractivity contribution in [1.82, 2.24) is 4.90 Å². The lowest BCUT2D eigenvalue weighted by Gasteiger charge is -2.13. The Bertz CT molecular complexity index is 1440. The standard InChI is InChI=1S/C26H21N3O8S/c1-2-36-23-13-18(9-12-22(23)37-16-19-5-3-4-6-21(19)29(34)35)14-24-25(30)27(26(31)38-24)15-17-7-10-20(11-8-17)28(32)33/h3-14H,2,15-16H2,1H3/b24-14-. The Morgan fingerprint density at radius 1 is 0.921 bits per heavy atom. The van der Waals surface area contributed by atoms with Gasteiger partial charge in [0.05, 0.1) is 33.5 Å². The molecule has 2 amide bonds. The number of hydrogen-bond acceptors (Lipinski definition) is 9. The molecule has 38 heavy (non-hydrogen) atoms. The maximum atomic E-state index is 12.9. The summed E-state index contributed by atoms with van der Waals surface area (Å²) in [7, 11) is 0. The van der Waals surface area contributed by atoms with Gasteiger partial charge in [0, 0.05) is 18.2 Å². The second-order valence-corrected chi connectivity index (χ2v) is 9.00. The minimum absolute atomic E-state index is 0.0113. The van der Waals surface area contributed by atoms with Crippen LogP contribution in [-0.4, -0.2) is 32.5 Å². The average molecular weight is 536 g/mol. The molecule has 12 heteroatoms. The molecule has 3 aromatic rings. The van der Waals surface area contributed by atoms with Crippen LogP contribution in [0.25, 0.3) is 6.08 Å². The summed E-state index contributed by atoms with van der Waals surface area (Å²) in [5, 5.41) is 21.7. The van der Waals surface area contributed by atoms with E-state index in [-0.39, 0.29) is 29.4 Å². The predicted octanol–water partition coefficient (Wildman–Crippen LogP) is 5.72. The largest absolute Gasteiger partial charge is 0.490 e. The minimum Gasteiger partial charge on any atom is -0.490 e. The van der Waals surface area contributed by atoms with E-state index in [1.807, 2.05) is 0 Å². The smallest absolute Gasteiger partial charge is 0.293 e. The summed E-state index contributed by atoms with van der Waals surface area (Å²) < 4.78 is 11.5. The first-order valence-corrected chi connectivity index (χ1v) is 12.2. The lowest BCUT2D eigenvalue weighted by molar-refractivity contribution is -0.385. The van der Waals surface area contributed by atoms with Crippen LogP contribution in [0, 0.1) is 20.2 Å². The zero-order chi connectivity index (χ0) is 27.2. The van der Waals surface area contributed by atoms with E-state index in [0.29, 0.717) is 34.8 Å². The lowest BCUT2D eigenvalue weighted by atomic mass is 10.1. The molecular formula is C26H21N3O8S. The Morgan fingerprint density at radius 2 is 1.66 bits per heavy atom. The van der Waals surface area contributed by atoms with Gasteiger partial charge in [-0.2, -0.15) is 0 Å². The van der Waals surface area contributed by atoms with Crippen molar-refractivity contribution < 1.29 is 28.9 Å². The van der Waals surface area contributed by atoms with Gasteiger partial charge in [0.15, 0.2) is 11.5 Å². The van der Waals surface area contributed by atoms with Crippen LogP contribution in [0.1, 0.15) is 23.6 Å². The number of imide groups is 1. The van der Waals surface area contributed by atoms with E-state index >= 15 is 0 Å². The second-order valence-electron chi connectivity index (χ2n) is 8.01. The van der Waals surface area contributed by atoms with Gasteiger partial charge in [-0.1, -0.05) is 30.3 Å². The van der Waals surface area contributed by atoms with Gasteiger partial charge < -0.3 is 9.47 Å². The SMILES string of the molecule is CCOc1cc(/C=C2\SC(=O)N(Cc3ccc([N+](=O)[O-])cc3)C2=O)ccc1OCc1ccccc1[N+](=O)[O-]. The topological polar surface area (TPSA) is 142 Å². The minimum atomic E-state index is -0.523.